The van der Waals surface area contributed by atoms with E-state index in [2.05, 4.69) is 27.0 Å². The highest BCUT2D eigenvalue weighted by molar-refractivity contribution is 6.35. The maximum Gasteiger partial charge on any atom is 0.332 e. The van der Waals surface area contributed by atoms with Crippen LogP contribution in [-0.4, -0.2) is 76.6 Å². The molecule has 212 valence electrons. The molecule has 3 heterocycles. The molecule has 1 aromatic carbocycles. The smallest absolute Gasteiger partial charge is 0.332 e. The van der Waals surface area contributed by atoms with Crippen LogP contribution in [0.15, 0.2) is 24.4 Å². The Morgan fingerprint density at radius 3 is 2.72 bits per heavy atom. The molecule has 0 spiro atoms. The first kappa shape index (κ1) is 29.5. The van der Waals surface area contributed by atoms with Gasteiger partial charge in [-0.3, -0.25) is 4.90 Å². The van der Waals surface area contributed by atoms with E-state index in [0.29, 0.717) is 45.6 Å². The van der Waals surface area contributed by atoms with Crippen LogP contribution in [0.4, 0.5) is 11.6 Å². The number of rotatable bonds is 10. The molecule has 0 amide bonds. The molecular formula is C28H38Cl2N6O3. The Bertz CT molecular complexity index is 1200. The lowest BCUT2D eigenvalue weighted by molar-refractivity contribution is -0.149. The number of methoxy groups -OCH3 is 1. The number of carbonyl (C=O) groups is 1. The minimum atomic E-state index is -0.897. The number of piperidine rings is 1. The number of likely N-dealkylation sites (tertiary alicyclic amines) is 1. The van der Waals surface area contributed by atoms with Crippen molar-refractivity contribution in [1.82, 2.24) is 14.9 Å². The molecule has 2 aliphatic heterocycles. The molecule has 0 aliphatic carbocycles. The van der Waals surface area contributed by atoms with Crippen LogP contribution < -0.4 is 10.2 Å². The predicted octanol–water partition coefficient (Wildman–Crippen LogP) is 5.51. The number of benzene rings is 1. The molecule has 1 aromatic heterocycles. The van der Waals surface area contributed by atoms with Crippen LogP contribution in [0.1, 0.15) is 63.8 Å². The van der Waals surface area contributed by atoms with Crippen molar-refractivity contribution in [2.75, 3.05) is 37.0 Å². The van der Waals surface area contributed by atoms with Crippen LogP contribution in [0.2, 0.25) is 10.0 Å². The number of nitrogens with zero attached hydrogens (tertiary/aromatic N) is 4. The molecule has 0 bridgehead atoms. The molecule has 2 fully saturated rings. The van der Waals surface area contributed by atoms with E-state index in [1.54, 1.807) is 25.3 Å². The van der Waals surface area contributed by atoms with Gasteiger partial charge in [0.15, 0.2) is 11.9 Å². The van der Waals surface area contributed by atoms with Crippen molar-refractivity contribution in [3.8, 4) is 0 Å². The van der Waals surface area contributed by atoms with Crippen molar-refractivity contribution in [3.05, 3.63) is 45.7 Å². The van der Waals surface area contributed by atoms with Crippen molar-refractivity contribution in [1.29, 1.82) is 5.41 Å². The van der Waals surface area contributed by atoms with Gasteiger partial charge in [-0.25, -0.2) is 14.8 Å². The second-order valence-corrected chi connectivity index (χ2v) is 11.5. The lowest BCUT2D eigenvalue weighted by Gasteiger charge is -2.44. The Balaban J connectivity index is 1.48. The van der Waals surface area contributed by atoms with E-state index in [1.165, 1.54) is 7.11 Å². The van der Waals surface area contributed by atoms with E-state index in [9.17, 15) is 9.90 Å². The van der Waals surface area contributed by atoms with Gasteiger partial charge in [0.1, 0.15) is 11.5 Å². The average molecular weight is 578 g/mol. The van der Waals surface area contributed by atoms with E-state index in [0.717, 1.165) is 50.3 Å². The second-order valence-electron chi connectivity index (χ2n) is 10.7. The highest BCUT2D eigenvalue weighted by Gasteiger charge is 2.38. The molecule has 39 heavy (non-hydrogen) atoms. The SMILES string of the molecule is COC(C[C@@H]1CCCN1C1CCN(c2cnc(C(C)=N)c(N[C@H](C)c3ccc(Cl)cc3Cl)n2)CC1C)C(=O)O. The summed E-state index contributed by atoms with van der Waals surface area (Å²) < 4.78 is 5.23. The van der Waals surface area contributed by atoms with Gasteiger partial charge in [0.05, 0.1) is 18.0 Å². The number of halogens is 2. The molecule has 5 atom stereocenters. The minimum absolute atomic E-state index is 0.170. The minimum Gasteiger partial charge on any atom is -0.479 e. The van der Waals surface area contributed by atoms with E-state index >= 15 is 0 Å². The van der Waals surface area contributed by atoms with Crippen LogP contribution in [-0.2, 0) is 9.53 Å². The fourth-order valence-corrected chi connectivity index (χ4v) is 6.54. The molecule has 2 saturated heterocycles. The number of hydrogen-bond donors (Lipinski definition) is 3. The Morgan fingerprint density at radius 2 is 2.08 bits per heavy atom. The number of aromatic nitrogens is 2. The van der Waals surface area contributed by atoms with Crippen molar-refractivity contribution in [2.45, 2.75) is 70.7 Å². The highest BCUT2D eigenvalue weighted by atomic mass is 35.5. The van der Waals surface area contributed by atoms with Gasteiger partial charge in [0.25, 0.3) is 0 Å². The molecule has 3 unspecified atom stereocenters. The Kier molecular flexibility index (Phi) is 9.69. The molecule has 11 heteroatoms. The summed E-state index contributed by atoms with van der Waals surface area (Å²) >= 11 is 12.5. The lowest BCUT2D eigenvalue weighted by Crippen LogP contribution is -2.52. The quantitative estimate of drug-likeness (QED) is 0.317. The molecular weight excluding hydrogens is 539 g/mol. The molecule has 9 nitrogen and oxygen atoms in total. The normalized spacial score (nSPS) is 23.4. The standard InChI is InChI=1S/C28H38Cl2N6O3/c1-16-15-35(11-9-23(16)36-10-5-6-20(36)13-24(39-4)28(37)38)25-14-32-26(17(2)31)27(34-25)33-18(3)21-8-7-19(29)12-22(21)30/h7-8,12,14,16,18,20,23-24,31H,5-6,9-11,13,15H2,1-4H3,(H,33,34)(H,37,38)/t16?,18-,20+,23?,24?/m1/s1. The van der Waals surface area contributed by atoms with Gasteiger partial charge >= 0.3 is 5.97 Å². The third kappa shape index (κ3) is 6.82. The summed E-state index contributed by atoms with van der Waals surface area (Å²) in [6.07, 6.45) is 4.53. The summed E-state index contributed by atoms with van der Waals surface area (Å²) in [5, 5.41) is 22.2. The summed E-state index contributed by atoms with van der Waals surface area (Å²) in [6.45, 7) is 8.57. The van der Waals surface area contributed by atoms with E-state index < -0.39 is 12.1 Å². The van der Waals surface area contributed by atoms with Gasteiger partial charge in [0.2, 0.25) is 0 Å². The summed E-state index contributed by atoms with van der Waals surface area (Å²) in [7, 11) is 1.47. The van der Waals surface area contributed by atoms with Crippen LogP contribution in [0.25, 0.3) is 0 Å². The lowest BCUT2D eigenvalue weighted by atomic mass is 9.91. The summed E-state index contributed by atoms with van der Waals surface area (Å²) in [6, 6.07) is 5.84. The molecule has 3 N–H and O–H groups in total. The maximum atomic E-state index is 11.5. The topological polar surface area (TPSA) is 115 Å². The zero-order valence-electron chi connectivity index (χ0n) is 23.0. The van der Waals surface area contributed by atoms with Gasteiger partial charge in [-0.15, -0.1) is 0 Å². The van der Waals surface area contributed by atoms with Crippen molar-refractivity contribution in [2.24, 2.45) is 5.92 Å². The number of carboxylic acid groups (broad SMARTS) is 1. The van der Waals surface area contributed by atoms with Crippen LogP contribution in [0.5, 0.6) is 0 Å². The number of carboxylic acids is 1. The van der Waals surface area contributed by atoms with Crippen LogP contribution in [0, 0.1) is 11.3 Å². The largest absolute Gasteiger partial charge is 0.479 e. The molecule has 0 radical (unpaired) electrons. The molecule has 2 aliphatic rings. The predicted molar refractivity (Wildman–Crippen MR) is 156 cm³/mol. The van der Waals surface area contributed by atoms with Crippen molar-refractivity contribution in [3.63, 3.8) is 0 Å². The molecule has 4 rings (SSSR count). The summed E-state index contributed by atoms with van der Waals surface area (Å²) in [4.78, 5) is 25.8. The third-order valence-electron chi connectivity index (χ3n) is 7.98. The Morgan fingerprint density at radius 1 is 1.31 bits per heavy atom. The first-order valence-electron chi connectivity index (χ1n) is 13.5. The number of ether oxygens (including phenoxy) is 1. The van der Waals surface area contributed by atoms with Crippen LogP contribution in [0.3, 0.4) is 0 Å². The molecule has 0 saturated carbocycles. The first-order chi connectivity index (χ1) is 18.6. The number of hydrogen-bond acceptors (Lipinski definition) is 8. The van der Waals surface area contributed by atoms with E-state index in [-0.39, 0.29) is 12.1 Å². The van der Waals surface area contributed by atoms with Crippen LogP contribution >= 0.6 is 23.2 Å². The first-order valence-corrected chi connectivity index (χ1v) is 14.2. The monoisotopic (exact) mass is 576 g/mol. The highest BCUT2D eigenvalue weighted by Crippen LogP contribution is 2.34. The maximum absolute atomic E-state index is 11.5. The van der Waals surface area contributed by atoms with Crippen molar-refractivity contribution < 1.29 is 14.6 Å². The van der Waals surface area contributed by atoms with Gasteiger partial charge < -0.3 is 25.5 Å². The number of anilines is 2. The average Bonchev–Trinajstić information content (AvgIpc) is 3.34. The van der Waals surface area contributed by atoms with Gasteiger partial charge in [-0.2, -0.15) is 0 Å². The zero-order chi connectivity index (χ0) is 28.3. The third-order valence-corrected chi connectivity index (χ3v) is 8.54. The van der Waals surface area contributed by atoms with Gasteiger partial charge in [-0.1, -0.05) is 36.2 Å². The van der Waals surface area contributed by atoms with E-state index in [1.807, 2.05) is 13.0 Å². The van der Waals surface area contributed by atoms with E-state index in [4.69, 9.17) is 38.3 Å². The second kappa shape index (κ2) is 12.8. The fourth-order valence-electron chi connectivity index (χ4n) is 5.97. The number of aliphatic carboxylic acids is 1. The fraction of sp³-hybridized carbons (Fsp3) is 0.571. The van der Waals surface area contributed by atoms with Crippen molar-refractivity contribution >= 4 is 46.5 Å². The molecule has 2 aromatic rings. The Labute approximate surface area is 240 Å². The summed E-state index contributed by atoms with van der Waals surface area (Å²) in [5.74, 6) is 0.781. The van der Waals surface area contributed by atoms with Gasteiger partial charge in [-0.05, 0) is 69.7 Å². The number of nitrogens with one attached hydrogen (secondary N) is 2. The zero-order valence-corrected chi connectivity index (χ0v) is 24.5. The Hall–Kier alpha value is -2.46. The van der Waals surface area contributed by atoms with Gasteiger partial charge in [0, 0.05) is 42.3 Å². The summed E-state index contributed by atoms with van der Waals surface area (Å²) in [5.41, 5.74) is 1.72.